The standard InChI is InChI=1S/C25H19F3N4O/c26-25(27,28)19-10-8-18(9-11-19)21-4-1-2-5-22(21)23(33)32-20-12-6-17(7-13-20)16-31-24-29-14-3-15-30-24/h1-15H,16H2,(H,32,33)(H,29,30,31). The van der Waals surface area contributed by atoms with Crippen molar-refractivity contribution >= 4 is 17.5 Å². The average molecular weight is 448 g/mol. The minimum Gasteiger partial charge on any atom is -0.350 e. The number of benzene rings is 3. The molecule has 166 valence electrons. The number of aromatic nitrogens is 2. The number of halogens is 3. The Morgan fingerprint density at radius 1 is 0.818 bits per heavy atom. The Hall–Kier alpha value is -4.20. The predicted molar refractivity (Wildman–Crippen MR) is 121 cm³/mol. The molecule has 0 spiro atoms. The molecule has 0 aliphatic rings. The molecule has 4 aromatic rings. The number of amides is 1. The maximum atomic E-state index is 12.9. The molecule has 2 N–H and O–H groups in total. The third kappa shape index (κ3) is 5.54. The van der Waals surface area contributed by atoms with E-state index in [0.717, 1.165) is 17.7 Å². The molecule has 5 nitrogen and oxygen atoms in total. The maximum Gasteiger partial charge on any atom is 0.416 e. The second kappa shape index (κ2) is 9.52. The molecule has 0 unspecified atom stereocenters. The van der Waals surface area contributed by atoms with Crippen LogP contribution in [-0.2, 0) is 12.7 Å². The second-order valence-electron chi connectivity index (χ2n) is 7.20. The van der Waals surface area contributed by atoms with Gasteiger partial charge in [-0.2, -0.15) is 13.2 Å². The number of rotatable bonds is 6. The van der Waals surface area contributed by atoms with Crippen molar-refractivity contribution in [2.75, 3.05) is 10.6 Å². The molecule has 1 heterocycles. The van der Waals surface area contributed by atoms with Crippen molar-refractivity contribution in [3.8, 4) is 11.1 Å². The molecular weight excluding hydrogens is 429 g/mol. The lowest BCUT2D eigenvalue weighted by molar-refractivity contribution is -0.137. The number of nitrogens with one attached hydrogen (secondary N) is 2. The summed E-state index contributed by atoms with van der Waals surface area (Å²) >= 11 is 0. The quantitative estimate of drug-likeness (QED) is 0.378. The van der Waals surface area contributed by atoms with Gasteiger partial charge in [0.1, 0.15) is 0 Å². The second-order valence-corrected chi connectivity index (χ2v) is 7.20. The molecule has 0 aliphatic carbocycles. The fraction of sp³-hybridized carbons (Fsp3) is 0.0800. The molecule has 1 aromatic heterocycles. The predicted octanol–water partition coefficient (Wildman–Crippen LogP) is 6.03. The molecule has 0 aliphatic heterocycles. The van der Waals surface area contributed by atoms with E-state index in [4.69, 9.17) is 0 Å². The topological polar surface area (TPSA) is 66.9 Å². The van der Waals surface area contributed by atoms with Crippen LogP contribution in [0.2, 0.25) is 0 Å². The SMILES string of the molecule is O=C(Nc1ccc(CNc2ncccn2)cc1)c1ccccc1-c1ccc(C(F)(F)F)cc1. The van der Waals surface area contributed by atoms with Gasteiger partial charge in [0.15, 0.2) is 0 Å². The lowest BCUT2D eigenvalue weighted by Crippen LogP contribution is -2.13. The Labute approximate surface area is 188 Å². The van der Waals surface area contributed by atoms with Gasteiger partial charge in [-0.3, -0.25) is 4.79 Å². The fourth-order valence-electron chi connectivity index (χ4n) is 3.25. The van der Waals surface area contributed by atoms with Crippen LogP contribution >= 0.6 is 0 Å². The highest BCUT2D eigenvalue weighted by molar-refractivity contribution is 6.08. The van der Waals surface area contributed by atoms with E-state index in [1.807, 2.05) is 12.1 Å². The zero-order chi connectivity index (χ0) is 23.3. The average Bonchev–Trinajstić information content (AvgIpc) is 2.84. The zero-order valence-electron chi connectivity index (χ0n) is 17.3. The molecule has 0 radical (unpaired) electrons. The number of carbonyl (C=O) groups excluding carboxylic acids is 1. The molecule has 3 aromatic carbocycles. The summed E-state index contributed by atoms with van der Waals surface area (Å²) in [5.41, 5.74) is 2.28. The van der Waals surface area contributed by atoms with E-state index in [1.165, 1.54) is 12.1 Å². The van der Waals surface area contributed by atoms with E-state index in [0.29, 0.717) is 34.9 Å². The Morgan fingerprint density at radius 2 is 1.48 bits per heavy atom. The van der Waals surface area contributed by atoms with Crippen LogP contribution < -0.4 is 10.6 Å². The zero-order valence-corrected chi connectivity index (χ0v) is 17.3. The lowest BCUT2D eigenvalue weighted by Gasteiger charge is -2.12. The summed E-state index contributed by atoms with van der Waals surface area (Å²) in [6.07, 6.45) is -1.11. The minimum absolute atomic E-state index is 0.353. The summed E-state index contributed by atoms with van der Waals surface area (Å²) in [5, 5.41) is 5.95. The molecule has 0 fully saturated rings. The van der Waals surface area contributed by atoms with Gasteiger partial charge in [-0.05, 0) is 53.1 Å². The minimum atomic E-state index is -4.41. The number of hydrogen-bond acceptors (Lipinski definition) is 4. The molecule has 1 amide bonds. The summed E-state index contributed by atoms with van der Waals surface area (Å²) in [5.74, 6) is 0.170. The van der Waals surface area contributed by atoms with Gasteiger partial charge in [0.2, 0.25) is 5.95 Å². The van der Waals surface area contributed by atoms with Gasteiger partial charge in [-0.15, -0.1) is 0 Å². The molecule has 4 rings (SSSR count). The van der Waals surface area contributed by atoms with Crippen molar-refractivity contribution in [3.05, 3.63) is 108 Å². The van der Waals surface area contributed by atoms with Gasteiger partial charge >= 0.3 is 6.18 Å². The van der Waals surface area contributed by atoms with Crippen LogP contribution in [0.5, 0.6) is 0 Å². The van der Waals surface area contributed by atoms with Crippen molar-refractivity contribution in [2.24, 2.45) is 0 Å². The van der Waals surface area contributed by atoms with E-state index in [-0.39, 0.29) is 5.91 Å². The van der Waals surface area contributed by atoms with Crippen LogP contribution in [0, 0.1) is 0 Å². The Balaban J connectivity index is 1.46. The van der Waals surface area contributed by atoms with Gasteiger partial charge < -0.3 is 10.6 Å². The number of hydrogen-bond donors (Lipinski definition) is 2. The van der Waals surface area contributed by atoms with Gasteiger partial charge in [0.25, 0.3) is 5.91 Å². The third-order valence-electron chi connectivity index (χ3n) is 4.92. The fourth-order valence-corrected chi connectivity index (χ4v) is 3.25. The van der Waals surface area contributed by atoms with Gasteiger partial charge in [0, 0.05) is 30.2 Å². The summed E-state index contributed by atoms with van der Waals surface area (Å²) in [7, 11) is 0. The molecule has 0 saturated heterocycles. The van der Waals surface area contributed by atoms with Gasteiger partial charge in [0.05, 0.1) is 5.56 Å². The van der Waals surface area contributed by atoms with Gasteiger partial charge in [-0.1, -0.05) is 42.5 Å². The first-order valence-corrected chi connectivity index (χ1v) is 10.1. The van der Waals surface area contributed by atoms with Crippen LogP contribution in [0.25, 0.3) is 11.1 Å². The number of nitrogens with zero attached hydrogens (tertiary/aromatic N) is 2. The van der Waals surface area contributed by atoms with Crippen molar-refractivity contribution in [1.29, 1.82) is 0 Å². The van der Waals surface area contributed by atoms with E-state index < -0.39 is 11.7 Å². The summed E-state index contributed by atoms with van der Waals surface area (Å²) in [6.45, 7) is 0.523. The van der Waals surface area contributed by atoms with Crippen LogP contribution in [0.15, 0.2) is 91.3 Å². The van der Waals surface area contributed by atoms with Crippen LogP contribution in [0.3, 0.4) is 0 Å². The van der Waals surface area contributed by atoms with Crippen molar-refractivity contribution in [1.82, 2.24) is 9.97 Å². The number of alkyl halides is 3. The summed E-state index contributed by atoms with van der Waals surface area (Å²) in [6, 6.07) is 20.6. The first-order chi connectivity index (χ1) is 15.9. The van der Waals surface area contributed by atoms with Crippen molar-refractivity contribution in [3.63, 3.8) is 0 Å². The Bertz CT molecular complexity index is 1230. The van der Waals surface area contributed by atoms with E-state index >= 15 is 0 Å². The molecule has 0 saturated carbocycles. The van der Waals surface area contributed by atoms with Gasteiger partial charge in [-0.25, -0.2) is 9.97 Å². The first-order valence-electron chi connectivity index (χ1n) is 10.1. The van der Waals surface area contributed by atoms with E-state index in [9.17, 15) is 18.0 Å². The van der Waals surface area contributed by atoms with Crippen LogP contribution in [0.4, 0.5) is 24.8 Å². The highest BCUT2D eigenvalue weighted by Crippen LogP contribution is 2.32. The van der Waals surface area contributed by atoms with Crippen LogP contribution in [-0.4, -0.2) is 15.9 Å². The molecule has 8 heteroatoms. The number of anilines is 2. The molecule has 0 atom stereocenters. The molecule has 33 heavy (non-hydrogen) atoms. The smallest absolute Gasteiger partial charge is 0.350 e. The Kier molecular flexibility index (Phi) is 6.35. The number of carbonyl (C=O) groups is 1. The van der Waals surface area contributed by atoms with Crippen LogP contribution in [0.1, 0.15) is 21.5 Å². The highest BCUT2D eigenvalue weighted by Gasteiger charge is 2.30. The van der Waals surface area contributed by atoms with E-state index in [1.54, 1.807) is 54.9 Å². The highest BCUT2D eigenvalue weighted by atomic mass is 19.4. The third-order valence-corrected chi connectivity index (χ3v) is 4.92. The van der Waals surface area contributed by atoms with Crippen molar-refractivity contribution < 1.29 is 18.0 Å². The molecule has 0 bridgehead atoms. The lowest BCUT2D eigenvalue weighted by atomic mass is 9.98. The summed E-state index contributed by atoms with van der Waals surface area (Å²) < 4.78 is 38.6. The van der Waals surface area contributed by atoms with Crippen molar-refractivity contribution in [2.45, 2.75) is 12.7 Å². The molecular formula is C25H19F3N4O. The first kappa shape index (κ1) is 22.0. The largest absolute Gasteiger partial charge is 0.416 e. The van der Waals surface area contributed by atoms with E-state index in [2.05, 4.69) is 20.6 Å². The normalized spacial score (nSPS) is 11.1. The monoisotopic (exact) mass is 448 g/mol. The maximum absolute atomic E-state index is 12.9. The Morgan fingerprint density at radius 3 is 2.15 bits per heavy atom. The summed E-state index contributed by atoms with van der Waals surface area (Å²) in [4.78, 5) is 21.1.